The summed E-state index contributed by atoms with van der Waals surface area (Å²) in [6.45, 7) is 11.1. The van der Waals surface area contributed by atoms with Crippen molar-refractivity contribution in [3.05, 3.63) is 12.2 Å². The van der Waals surface area contributed by atoms with Crippen molar-refractivity contribution in [2.45, 2.75) is 40.0 Å². The van der Waals surface area contributed by atoms with E-state index in [2.05, 4.69) is 20.4 Å². The smallest absolute Gasteiger partial charge is 0.263 e. The van der Waals surface area contributed by atoms with Gasteiger partial charge in [-0.2, -0.15) is 5.26 Å². The highest BCUT2D eigenvalue weighted by Crippen LogP contribution is 2.13. The lowest BCUT2D eigenvalue weighted by molar-refractivity contribution is -0.127. The van der Waals surface area contributed by atoms with E-state index in [9.17, 15) is 4.79 Å². The minimum atomic E-state index is -0.223. The van der Waals surface area contributed by atoms with Gasteiger partial charge in [0.05, 0.1) is 0 Å². The number of hydrogen-bond donors (Lipinski definition) is 0. The molecule has 0 spiro atoms. The van der Waals surface area contributed by atoms with Gasteiger partial charge in [-0.25, -0.2) is 0 Å². The summed E-state index contributed by atoms with van der Waals surface area (Å²) < 4.78 is 0. The van der Waals surface area contributed by atoms with Crippen molar-refractivity contribution in [2.24, 2.45) is 5.92 Å². The van der Waals surface area contributed by atoms with Crippen LogP contribution < -0.4 is 0 Å². The van der Waals surface area contributed by atoms with Crippen molar-refractivity contribution in [3.8, 4) is 6.07 Å². The molecule has 0 saturated carbocycles. The molecule has 0 aliphatic carbocycles. The second kappa shape index (κ2) is 7.92. The van der Waals surface area contributed by atoms with Gasteiger partial charge in [-0.05, 0) is 19.3 Å². The van der Waals surface area contributed by atoms with Crippen LogP contribution in [-0.2, 0) is 4.79 Å². The van der Waals surface area contributed by atoms with Crippen molar-refractivity contribution in [1.29, 1.82) is 5.26 Å². The molecule has 0 aliphatic heterocycles. The molecule has 0 N–H and O–H groups in total. The van der Waals surface area contributed by atoms with Crippen LogP contribution in [0.2, 0.25) is 0 Å². The third-order valence-electron chi connectivity index (χ3n) is 2.81. The fourth-order valence-electron chi connectivity index (χ4n) is 1.74. The molecule has 3 heteroatoms. The first-order valence-corrected chi connectivity index (χ1v) is 5.98. The number of nitrogens with zero attached hydrogens (tertiary/aromatic N) is 2. The SMILES string of the molecule is C=C(C#N)C(=O)N(CC)CC(CC)CCC. The summed E-state index contributed by atoms with van der Waals surface area (Å²) in [6.07, 6.45) is 3.32. The van der Waals surface area contributed by atoms with E-state index in [1.165, 1.54) is 0 Å². The molecule has 1 amide bonds. The van der Waals surface area contributed by atoms with Crippen molar-refractivity contribution in [3.63, 3.8) is 0 Å². The van der Waals surface area contributed by atoms with Gasteiger partial charge in [0.15, 0.2) is 0 Å². The zero-order valence-corrected chi connectivity index (χ0v) is 10.6. The van der Waals surface area contributed by atoms with Crippen LogP contribution in [0.15, 0.2) is 12.2 Å². The number of hydrogen-bond acceptors (Lipinski definition) is 2. The van der Waals surface area contributed by atoms with Crippen LogP contribution in [0.4, 0.5) is 0 Å². The molecule has 0 aromatic heterocycles. The number of amides is 1. The number of carbonyl (C=O) groups is 1. The Morgan fingerprint density at radius 1 is 1.44 bits per heavy atom. The summed E-state index contributed by atoms with van der Waals surface area (Å²) in [7, 11) is 0. The molecule has 0 aliphatic rings. The van der Waals surface area contributed by atoms with Gasteiger partial charge >= 0.3 is 0 Å². The molecule has 0 rings (SSSR count). The van der Waals surface area contributed by atoms with Crippen molar-refractivity contribution in [1.82, 2.24) is 4.90 Å². The first kappa shape index (κ1) is 14.7. The highest BCUT2D eigenvalue weighted by atomic mass is 16.2. The Kier molecular flexibility index (Phi) is 7.28. The second-order valence-corrected chi connectivity index (χ2v) is 4.00. The largest absolute Gasteiger partial charge is 0.338 e. The maximum atomic E-state index is 11.8. The molecule has 0 aromatic carbocycles. The van der Waals surface area contributed by atoms with Crippen LogP contribution >= 0.6 is 0 Å². The van der Waals surface area contributed by atoms with Crippen LogP contribution in [0.1, 0.15) is 40.0 Å². The van der Waals surface area contributed by atoms with Gasteiger partial charge in [0.1, 0.15) is 11.6 Å². The van der Waals surface area contributed by atoms with E-state index in [1.54, 1.807) is 4.90 Å². The summed E-state index contributed by atoms with van der Waals surface area (Å²) in [5, 5.41) is 8.65. The normalized spacial score (nSPS) is 11.6. The van der Waals surface area contributed by atoms with E-state index >= 15 is 0 Å². The summed E-state index contributed by atoms with van der Waals surface area (Å²) in [5.74, 6) is 0.306. The first-order chi connectivity index (χ1) is 7.60. The third-order valence-corrected chi connectivity index (χ3v) is 2.81. The molecule has 16 heavy (non-hydrogen) atoms. The predicted octanol–water partition coefficient (Wildman–Crippen LogP) is 2.74. The average Bonchev–Trinajstić information content (AvgIpc) is 2.32. The molecule has 1 atom stereocenters. The van der Waals surface area contributed by atoms with Gasteiger partial charge in [-0.1, -0.05) is 33.3 Å². The Bertz CT molecular complexity index is 278. The average molecular weight is 222 g/mol. The Balaban J connectivity index is 4.45. The van der Waals surface area contributed by atoms with E-state index in [1.807, 2.05) is 13.0 Å². The summed E-state index contributed by atoms with van der Waals surface area (Å²) in [5.41, 5.74) is 0.0354. The van der Waals surface area contributed by atoms with E-state index in [0.717, 1.165) is 25.8 Å². The Morgan fingerprint density at radius 3 is 2.44 bits per heavy atom. The van der Waals surface area contributed by atoms with Gasteiger partial charge < -0.3 is 4.90 Å². The fourth-order valence-corrected chi connectivity index (χ4v) is 1.74. The molecular weight excluding hydrogens is 200 g/mol. The van der Waals surface area contributed by atoms with Crippen LogP contribution in [-0.4, -0.2) is 23.9 Å². The summed E-state index contributed by atoms with van der Waals surface area (Å²) in [4.78, 5) is 13.5. The summed E-state index contributed by atoms with van der Waals surface area (Å²) in [6, 6.07) is 1.82. The number of likely N-dealkylation sites (N-methyl/N-ethyl adjacent to an activating group) is 1. The topological polar surface area (TPSA) is 44.1 Å². The molecular formula is C13H22N2O. The van der Waals surface area contributed by atoms with Gasteiger partial charge in [-0.15, -0.1) is 0 Å². The van der Waals surface area contributed by atoms with E-state index < -0.39 is 0 Å². The Hall–Kier alpha value is -1.30. The van der Waals surface area contributed by atoms with E-state index in [-0.39, 0.29) is 11.5 Å². The maximum Gasteiger partial charge on any atom is 0.263 e. The zero-order chi connectivity index (χ0) is 12.6. The van der Waals surface area contributed by atoms with Crippen molar-refractivity contribution >= 4 is 5.91 Å². The van der Waals surface area contributed by atoms with Crippen molar-refractivity contribution in [2.75, 3.05) is 13.1 Å². The zero-order valence-electron chi connectivity index (χ0n) is 10.6. The Labute approximate surface area is 98.7 Å². The number of rotatable bonds is 7. The fraction of sp³-hybridized carbons (Fsp3) is 0.692. The van der Waals surface area contributed by atoms with Gasteiger partial charge in [0.2, 0.25) is 0 Å². The monoisotopic (exact) mass is 222 g/mol. The van der Waals surface area contributed by atoms with Crippen LogP contribution in [0, 0.1) is 17.2 Å². The second-order valence-electron chi connectivity index (χ2n) is 4.00. The number of nitriles is 1. The van der Waals surface area contributed by atoms with Crippen molar-refractivity contribution < 1.29 is 4.79 Å². The molecule has 0 radical (unpaired) electrons. The van der Waals surface area contributed by atoms with E-state index in [0.29, 0.717) is 12.5 Å². The lowest BCUT2D eigenvalue weighted by atomic mass is 10.00. The van der Waals surface area contributed by atoms with Gasteiger partial charge in [0.25, 0.3) is 5.91 Å². The molecule has 90 valence electrons. The number of carbonyl (C=O) groups excluding carboxylic acids is 1. The standard InChI is InChI=1S/C13H22N2O/c1-5-8-12(6-2)10-15(7-3)13(16)11(4)9-14/h12H,4-8,10H2,1-3H3. The van der Waals surface area contributed by atoms with Gasteiger partial charge in [-0.3, -0.25) is 4.79 Å². The van der Waals surface area contributed by atoms with Crippen LogP contribution in [0.3, 0.4) is 0 Å². The highest BCUT2D eigenvalue weighted by Gasteiger charge is 2.18. The minimum Gasteiger partial charge on any atom is -0.338 e. The molecule has 3 nitrogen and oxygen atoms in total. The lowest BCUT2D eigenvalue weighted by Gasteiger charge is -2.25. The molecule has 0 fully saturated rings. The van der Waals surface area contributed by atoms with Gasteiger partial charge in [0, 0.05) is 13.1 Å². The predicted molar refractivity (Wildman–Crippen MR) is 65.7 cm³/mol. The van der Waals surface area contributed by atoms with Crippen LogP contribution in [0.25, 0.3) is 0 Å². The third kappa shape index (κ3) is 4.48. The molecule has 0 bridgehead atoms. The van der Waals surface area contributed by atoms with E-state index in [4.69, 9.17) is 5.26 Å². The molecule has 0 heterocycles. The maximum absolute atomic E-state index is 11.8. The molecule has 0 saturated heterocycles. The minimum absolute atomic E-state index is 0.0354. The first-order valence-electron chi connectivity index (χ1n) is 5.98. The summed E-state index contributed by atoms with van der Waals surface area (Å²) >= 11 is 0. The Morgan fingerprint density at radius 2 is 2.06 bits per heavy atom. The quantitative estimate of drug-likeness (QED) is 0.491. The highest BCUT2D eigenvalue weighted by molar-refractivity contribution is 5.96. The molecule has 1 unspecified atom stereocenters. The van der Waals surface area contributed by atoms with Crippen LogP contribution in [0.5, 0.6) is 0 Å². The lowest BCUT2D eigenvalue weighted by Crippen LogP contribution is -2.35. The molecule has 0 aromatic rings.